The molecule has 0 aromatic heterocycles. The van der Waals surface area contributed by atoms with Gasteiger partial charge in [-0.15, -0.1) is 24.8 Å². The molecule has 0 saturated carbocycles. The summed E-state index contributed by atoms with van der Waals surface area (Å²) in [6.45, 7) is 3.42. The van der Waals surface area contributed by atoms with Gasteiger partial charge < -0.3 is 10.2 Å². The molecule has 0 aromatic rings. The van der Waals surface area contributed by atoms with Gasteiger partial charge in [0.25, 0.3) is 0 Å². The van der Waals surface area contributed by atoms with E-state index in [0.717, 1.165) is 6.54 Å². The minimum Gasteiger partial charge on any atom is -0.316 e. The minimum absolute atomic E-state index is 0. The molecule has 0 bridgehead atoms. The van der Waals surface area contributed by atoms with Gasteiger partial charge in [0.15, 0.2) is 0 Å². The molecule has 2 nitrogen and oxygen atoms in total. The average Bonchev–Trinajstić information content (AvgIpc) is 2.03. The Morgan fingerprint density at radius 3 is 2.23 bits per heavy atom. The highest BCUT2D eigenvalue weighted by molar-refractivity contribution is 5.85. The molecule has 0 aromatic carbocycles. The summed E-state index contributed by atoms with van der Waals surface area (Å²) >= 11 is 0. The second kappa shape index (κ2) is 8.82. The maximum absolute atomic E-state index is 3.35. The molecule has 0 unspecified atom stereocenters. The van der Waals surface area contributed by atoms with Crippen LogP contribution in [0.5, 0.6) is 0 Å². The maximum atomic E-state index is 3.35. The van der Waals surface area contributed by atoms with Crippen LogP contribution >= 0.6 is 24.8 Å². The lowest BCUT2D eigenvalue weighted by molar-refractivity contribution is 0.453. The molecular weight excluding hydrogens is 207 g/mol. The Morgan fingerprint density at radius 2 is 1.77 bits per heavy atom. The van der Waals surface area contributed by atoms with Crippen molar-refractivity contribution in [1.82, 2.24) is 10.2 Å². The van der Waals surface area contributed by atoms with Crippen LogP contribution < -0.4 is 5.32 Å². The molecule has 1 rings (SSSR count). The van der Waals surface area contributed by atoms with Gasteiger partial charge in [-0.3, -0.25) is 0 Å². The van der Waals surface area contributed by atoms with E-state index in [0.29, 0.717) is 0 Å². The quantitative estimate of drug-likeness (QED) is 0.722. The van der Waals surface area contributed by atoms with Crippen molar-refractivity contribution in [1.29, 1.82) is 0 Å². The van der Waals surface area contributed by atoms with E-state index in [1.54, 1.807) is 5.57 Å². The molecule has 4 heteroatoms. The number of rotatable bonds is 2. The Hall–Kier alpha value is 0.240. The number of halogens is 2. The predicted octanol–water partition coefficient (Wildman–Crippen LogP) is 1.70. The molecule has 0 spiro atoms. The van der Waals surface area contributed by atoms with E-state index in [9.17, 15) is 0 Å². The van der Waals surface area contributed by atoms with E-state index in [4.69, 9.17) is 0 Å². The number of nitrogens with one attached hydrogen (secondary N) is 1. The molecule has 0 amide bonds. The molecule has 1 heterocycles. The van der Waals surface area contributed by atoms with Crippen LogP contribution in [-0.2, 0) is 0 Å². The van der Waals surface area contributed by atoms with Crippen molar-refractivity contribution in [3.8, 4) is 0 Å². The first-order valence-electron chi connectivity index (χ1n) is 4.32. The maximum Gasteiger partial charge on any atom is 0.0159 e. The standard InChI is InChI=1S/C9H18N2.2ClH/c1-11(2)8-5-9-3-6-10-7-4-9;;/h5,10H,3-4,6-8H2,1-2H3;2*1H. The third kappa shape index (κ3) is 7.32. The van der Waals surface area contributed by atoms with E-state index < -0.39 is 0 Å². The molecule has 1 aliphatic rings. The van der Waals surface area contributed by atoms with Gasteiger partial charge in [0.05, 0.1) is 0 Å². The Balaban J connectivity index is 0. The van der Waals surface area contributed by atoms with Crippen molar-refractivity contribution in [2.45, 2.75) is 12.8 Å². The third-order valence-corrected chi connectivity index (χ3v) is 1.99. The van der Waals surface area contributed by atoms with Crippen LogP contribution in [0.4, 0.5) is 0 Å². The van der Waals surface area contributed by atoms with Crippen LogP contribution in [-0.4, -0.2) is 38.6 Å². The number of hydrogen-bond donors (Lipinski definition) is 1. The van der Waals surface area contributed by atoms with Crippen LogP contribution in [0.2, 0.25) is 0 Å². The van der Waals surface area contributed by atoms with Crippen molar-refractivity contribution in [3.63, 3.8) is 0 Å². The molecule has 1 N–H and O–H groups in total. The van der Waals surface area contributed by atoms with Crippen LogP contribution in [0, 0.1) is 0 Å². The summed E-state index contributed by atoms with van der Waals surface area (Å²) in [4.78, 5) is 2.20. The average molecular weight is 227 g/mol. The van der Waals surface area contributed by atoms with E-state index in [1.165, 1.54) is 25.9 Å². The van der Waals surface area contributed by atoms with E-state index in [2.05, 4.69) is 30.4 Å². The van der Waals surface area contributed by atoms with Crippen LogP contribution in [0.25, 0.3) is 0 Å². The first-order valence-corrected chi connectivity index (χ1v) is 4.32. The lowest BCUT2D eigenvalue weighted by Crippen LogP contribution is -2.23. The summed E-state index contributed by atoms with van der Waals surface area (Å²) in [6, 6.07) is 0. The summed E-state index contributed by atoms with van der Waals surface area (Å²) in [5, 5.41) is 3.35. The van der Waals surface area contributed by atoms with Gasteiger partial charge >= 0.3 is 0 Å². The van der Waals surface area contributed by atoms with Crippen molar-refractivity contribution in [2.75, 3.05) is 33.7 Å². The first-order chi connectivity index (χ1) is 5.29. The van der Waals surface area contributed by atoms with Crippen molar-refractivity contribution < 1.29 is 0 Å². The summed E-state index contributed by atoms with van der Waals surface area (Å²) in [6.07, 6.45) is 4.85. The molecule has 0 aliphatic carbocycles. The zero-order chi connectivity index (χ0) is 8.10. The van der Waals surface area contributed by atoms with Crippen molar-refractivity contribution in [2.24, 2.45) is 0 Å². The van der Waals surface area contributed by atoms with Gasteiger partial charge in [0.2, 0.25) is 0 Å². The van der Waals surface area contributed by atoms with E-state index >= 15 is 0 Å². The van der Waals surface area contributed by atoms with Crippen LogP contribution in [0.1, 0.15) is 12.8 Å². The second-order valence-electron chi connectivity index (χ2n) is 3.37. The normalized spacial score (nSPS) is 16.1. The summed E-state index contributed by atoms with van der Waals surface area (Å²) in [5.74, 6) is 0. The Morgan fingerprint density at radius 1 is 1.23 bits per heavy atom. The fraction of sp³-hybridized carbons (Fsp3) is 0.778. The van der Waals surface area contributed by atoms with Crippen LogP contribution in [0.15, 0.2) is 11.6 Å². The van der Waals surface area contributed by atoms with Crippen molar-refractivity contribution in [3.05, 3.63) is 11.6 Å². The molecular formula is C9H20Cl2N2. The zero-order valence-corrected chi connectivity index (χ0v) is 10.0. The lowest BCUT2D eigenvalue weighted by atomic mass is 10.1. The fourth-order valence-electron chi connectivity index (χ4n) is 1.26. The Kier molecular flexibility index (Phi) is 10.7. The van der Waals surface area contributed by atoms with Gasteiger partial charge in [-0.2, -0.15) is 0 Å². The zero-order valence-electron chi connectivity index (χ0n) is 8.38. The Bertz CT molecular complexity index is 139. The highest BCUT2D eigenvalue weighted by atomic mass is 35.5. The number of piperidine rings is 1. The topological polar surface area (TPSA) is 15.3 Å². The Labute approximate surface area is 93.6 Å². The van der Waals surface area contributed by atoms with Crippen LogP contribution in [0.3, 0.4) is 0 Å². The fourth-order valence-corrected chi connectivity index (χ4v) is 1.26. The molecule has 13 heavy (non-hydrogen) atoms. The second-order valence-corrected chi connectivity index (χ2v) is 3.37. The summed E-state index contributed by atoms with van der Waals surface area (Å²) in [7, 11) is 4.22. The highest BCUT2D eigenvalue weighted by Crippen LogP contribution is 2.08. The summed E-state index contributed by atoms with van der Waals surface area (Å²) < 4.78 is 0. The molecule has 0 radical (unpaired) electrons. The highest BCUT2D eigenvalue weighted by Gasteiger charge is 2.02. The molecule has 80 valence electrons. The van der Waals surface area contributed by atoms with E-state index in [-0.39, 0.29) is 24.8 Å². The summed E-state index contributed by atoms with van der Waals surface area (Å²) in [5.41, 5.74) is 1.62. The molecule has 1 fully saturated rings. The van der Waals surface area contributed by atoms with E-state index in [1.807, 2.05) is 0 Å². The SMILES string of the molecule is CN(C)CC=C1CCNCC1.Cl.Cl. The molecule has 0 atom stereocenters. The minimum atomic E-state index is 0. The van der Waals surface area contributed by atoms with Gasteiger partial charge in [-0.05, 0) is 40.0 Å². The van der Waals surface area contributed by atoms with Gasteiger partial charge in [-0.25, -0.2) is 0 Å². The number of nitrogens with zero attached hydrogens (tertiary/aromatic N) is 1. The first kappa shape index (κ1) is 15.7. The van der Waals surface area contributed by atoms with Gasteiger partial charge in [-0.1, -0.05) is 11.6 Å². The lowest BCUT2D eigenvalue weighted by Gasteiger charge is -2.16. The molecule has 1 aliphatic heterocycles. The van der Waals surface area contributed by atoms with Crippen molar-refractivity contribution >= 4 is 24.8 Å². The van der Waals surface area contributed by atoms with Gasteiger partial charge in [0.1, 0.15) is 0 Å². The number of likely N-dealkylation sites (N-methyl/N-ethyl adjacent to an activating group) is 1. The predicted molar refractivity (Wildman–Crippen MR) is 63.2 cm³/mol. The number of hydrogen-bond acceptors (Lipinski definition) is 2. The van der Waals surface area contributed by atoms with Gasteiger partial charge in [0, 0.05) is 6.54 Å². The third-order valence-electron chi connectivity index (χ3n) is 1.99. The monoisotopic (exact) mass is 226 g/mol. The molecule has 1 saturated heterocycles. The smallest absolute Gasteiger partial charge is 0.0159 e. The largest absolute Gasteiger partial charge is 0.316 e.